The number of hydrogen-bond donors (Lipinski definition) is 0. The third kappa shape index (κ3) is 4.11. The van der Waals surface area contributed by atoms with Gasteiger partial charge in [0.15, 0.2) is 0 Å². The van der Waals surface area contributed by atoms with Crippen LogP contribution in [-0.4, -0.2) is 20.2 Å². The van der Waals surface area contributed by atoms with Gasteiger partial charge in [0.2, 0.25) is 0 Å². The molecule has 4 heteroatoms. The summed E-state index contributed by atoms with van der Waals surface area (Å²) in [5.74, 6) is 0.0667. The van der Waals surface area contributed by atoms with Gasteiger partial charge < -0.3 is 14.2 Å². The van der Waals surface area contributed by atoms with Crippen molar-refractivity contribution in [1.82, 2.24) is 0 Å². The van der Waals surface area contributed by atoms with E-state index in [9.17, 15) is 4.79 Å². The molecule has 0 heterocycles. The van der Waals surface area contributed by atoms with Crippen LogP contribution in [0.4, 0.5) is 0 Å². The van der Waals surface area contributed by atoms with Crippen LogP contribution >= 0.6 is 0 Å². The Kier molecular flexibility index (Phi) is 5.77. The minimum atomic E-state index is -0.424. The molecule has 0 spiro atoms. The van der Waals surface area contributed by atoms with Gasteiger partial charge in [0.25, 0.3) is 0 Å². The number of methoxy groups -OCH3 is 2. The molecule has 122 valence electrons. The van der Waals surface area contributed by atoms with Gasteiger partial charge in [0.1, 0.15) is 11.3 Å². The van der Waals surface area contributed by atoms with Crippen molar-refractivity contribution in [2.24, 2.45) is 0 Å². The van der Waals surface area contributed by atoms with E-state index < -0.39 is 5.97 Å². The average Bonchev–Trinajstić information content (AvgIpc) is 2.55. The average molecular weight is 314 g/mol. The van der Waals surface area contributed by atoms with Crippen molar-refractivity contribution in [2.75, 3.05) is 14.2 Å². The van der Waals surface area contributed by atoms with Gasteiger partial charge in [-0.25, -0.2) is 4.79 Å². The first-order chi connectivity index (χ1) is 11.1. The van der Waals surface area contributed by atoms with Crippen LogP contribution in [0.2, 0.25) is 0 Å². The maximum absolute atomic E-state index is 12.0. The fourth-order valence-corrected chi connectivity index (χ4v) is 2.48. The van der Waals surface area contributed by atoms with Gasteiger partial charge in [-0.05, 0) is 36.6 Å². The Hall–Kier alpha value is -2.33. The molecule has 2 aromatic rings. The van der Waals surface area contributed by atoms with E-state index in [0.717, 1.165) is 11.1 Å². The predicted molar refractivity (Wildman–Crippen MR) is 88.7 cm³/mol. The van der Waals surface area contributed by atoms with E-state index in [1.807, 2.05) is 12.1 Å². The smallest absolute Gasteiger partial charge is 0.342 e. The van der Waals surface area contributed by atoms with Gasteiger partial charge in [0.05, 0.1) is 27.4 Å². The highest BCUT2D eigenvalue weighted by molar-refractivity contribution is 5.94. The Morgan fingerprint density at radius 2 is 1.74 bits per heavy atom. The molecule has 0 N–H and O–H groups in total. The van der Waals surface area contributed by atoms with E-state index >= 15 is 0 Å². The summed E-state index contributed by atoms with van der Waals surface area (Å²) in [6.07, 6.45) is 0. The van der Waals surface area contributed by atoms with E-state index in [0.29, 0.717) is 24.5 Å². The molecule has 0 aliphatic rings. The molecule has 23 heavy (non-hydrogen) atoms. The second-order valence-electron chi connectivity index (χ2n) is 5.41. The van der Waals surface area contributed by atoms with Crippen LogP contribution < -0.4 is 4.74 Å². The van der Waals surface area contributed by atoms with Crippen molar-refractivity contribution >= 4 is 5.97 Å². The minimum absolute atomic E-state index is 0.314. The zero-order chi connectivity index (χ0) is 16.8. The Labute approximate surface area is 137 Å². The molecule has 0 unspecified atom stereocenters. The topological polar surface area (TPSA) is 44.8 Å². The monoisotopic (exact) mass is 314 g/mol. The van der Waals surface area contributed by atoms with E-state index in [4.69, 9.17) is 14.2 Å². The molecular weight excluding hydrogens is 292 g/mol. The molecule has 0 fully saturated rings. The summed E-state index contributed by atoms with van der Waals surface area (Å²) in [4.78, 5) is 12.0. The maximum Gasteiger partial charge on any atom is 0.342 e. The van der Waals surface area contributed by atoms with Crippen LogP contribution in [0.5, 0.6) is 5.75 Å². The number of rotatable bonds is 6. The quantitative estimate of drug-likeness (QED) is 0.761. The molecule has 0 amide bonds. The summed E-state index contributed by atoms with van der Waals surface area (Å²) >= 11 is 0. The SMILES string of the molecule is COC(=O)c1c(COCc2ccc(C)cc2C)cccc1OC. The molecule has 0 aliphatic carbocycles. The zero-order valence-corrected chi connectivity index (χ0v) is 14.0. The van der Waals surface area contributed by atoms with Crippen LogP contribution in [0, 0.1) is 13.8 Å². The molecule has 4 nitrogen and oxygen atoms in total. The van der Waals surface area contributed by atoms with Crippen LogP contribution in [0.3, 0.4) is 0 Å². The second-order valence-corrected chi connectivity index (χ2v) is 5.41. The fraction of sp³-hybridized carbons (Fsp3) is 0.316. The Morgan fingerprint density at radius 1 is 1.00 bits per heavy atom. The van der Waals surface area contributed by atoms with Crippen molar-refractivity contribution in [1.29, 1.82) is 0 Å². The van der Waals surface area contributed by atoms with Crippen molar-refractivity contribution in [3.63, 3.8) is 0 Å². The minimum Gasteiger partial charge on any atom is -0.496 e. The Morgan fingerprint density at radius 3 is 2.39 bits per heavy atom. The standard InChI is InChI=1S/C19H22O4/c1-13-8-9-15(14(2)10-13)11-23-12-16-6-5-7-17(21-3)18(16)19(20)22-4/h5-10H,11-12H2,1-4H3. The number of aryl methyl sites for hydroxylation is 2. The summed E-state index contributed by atoms with van der Waals surface area (Å²) in [6.45, 7) is 4.94. The van der Waals surface area contributed by atoms with Gasteiger partial charge in [-0.2, -0.15) is 0 Å². The van der Waals surface area contributed by atoms with Gasteiger partial charge >= 0.3 is 5.97 Å². The lowest BCUT2D eigenvalue weighted by Crippen LogP contribution is -2.09. The fourth-order valence-electron chi connectivity index (χ4n) is 2.48. The number of benzene rings is 2. The van der Waals surface area contributed by atoms with Crippen LogP contribution in [0.15, 0.2) is 36.4 Å². The number of carbonyl (C=O) groups is 1. The first-order valence-corrected chi connectivity index (χ1v) is 7.45. The van der Waals surface area contributed by atoms with E-state index in [1.165, 1.54) is 25.3 Å². The summed E-state index contributed by atoms with van der Waals surface area (Å²) in [5, 5.41) is 0. The van der Waals surface area contributed by atoms with Crippen LogP contribution in [0.25, 0.3) is 0 Å². The number of ether oxygens (including phenoxy) is 3. The van der Waals surface area contributed by atoms with Crippen molar-refractivity contribution in [3.05, 3.63) is 64.2 Å². The first kappa shape index (κ1) is 17.0. The lowest BCUT2D eigenvalue weighted by atomic mass is 10.1. The van der Waals surface area contributed by atoms with Crippen LogP contribution in [-0.2, 0) is 22.7 Å². The zero-order valence-electron chi connectivity index (χ0n) is 14.0. The summed E-state index contributed by atoms with van der Waals surface area (Å²) in [6, 6.07) is 11.7. The van der Waals surface area contributed by atoms with E-state index in [-0.39, 0.29) is 0 Å². The highest BCUT2D eigenvalue weighted by Gasteiger charge is 2.17. The molecule has 0 aromatic heterocycles. The van der Waals surface area contributed by atoms with Crippen LogP contribution in [0.1, 0.15) is 32.6 Å². The molecule has 0 radical (unpaired) electrons. The molecule has 0 aliphatic heterocycles. The summed E-state index contributed by atoms with van der Waals surface area (Å²) in [5.41, 5.74) is 4.73. The number of carbonyl (C=O) groups excluding carboxylic acids is 1. The Balaban J connectivity index is 2.12. The molecule has 0 bridgehead atoms. The number of hydrogen-bond acceptors (Lipinski definition) is 4. The molecule has 0 saturated heterocycles. The van der Waals surface area contributed by atoms with Gasteiger partial charge in [-0.3, -0.25) is 0 Å². The molecule has 0 saturated carbocycles. The number of esters is 1. The van der Waals surface area contributed by atoms with Gasteiger partial charge in [-0.15, -0.1) is 0 Å². The third-order valence-electron chi connectivity index (χ3n) is 3.74. The second kappa shape index (κ2) is 7.79. The lowest BCUT2D eigenvalue weighted by Gasteiger charge is -2.13. The normalized spacial score (nSPS) is 10.4. The summed E-state index contributed by atoms with van der Waals surface area (Å²) in [7, 11) is 2.89. The van der Waals surface area contributed by atoms with Gasteiger partial charge in [0, 0.05) is 0 Å². The third-order valence-corrected chi connectivity index (χ3v) is 3.74. The largest absolute Gasteiger partial charge is 0.496 e. The molecular formula is C19H22O4. The van der Waals surface area contributed by atoms with Gasteiger partial charge in [-0.1, -0.05) is 35.9 Å². The van der Waals surface area contributed by atoms with Crippen molar-refractivity contribution in [2.45, 2.75) is 27.1 Å². The highest BCUT2D eigenvalue weighted by Crippen LogP contribution is 2.24. The Bertz CT molecular complexity index is 692. The maximum atomic E-state index is 12.0. The van der Waals surface area contributed by atoms with E-state index in [1.54, 1.807) is 6.07 Å². The summed E-state index contributed by atoms with van der Waals surface area (Å²) < 4.78 is 15.9. The van der Waals surface area contributed by atoms with E-state index in [2.05, 4.69) is 32.0 Å². The molecule has 0 atom stereocenters. The van der Waals surface area contributed by atoms with Crippen molar-refractivity contribution in [3.8, 4) is 5.75 Å². The lowest BCUT2D eigenvalue weighted by molar-refractivity contribution is 0.0585. The highest BCUT2D eigenvalue weighted by atomic mass is 16.5. The first-order valence-electron chi connectivity index (χ1n) is 7.45. The predicted octanol–water partition coefficient (Wildman–Crippen LogP) is 3.82. The molecule has 2 rings (SSSR count). The molecule has 2 aromatic carbocycles. The van der Waals surface area contributed by atoms with Crippen molar-refractivity contribution < 1.29 is 19.0 Å².